The van der Waals surface area contributed by atoms with E-state index in [0.717, 1.165) is 19.5 Å². The van der Waals surface area contributed by atoms with Crippen LogP contribution in [-0.4, -0.2) is 36.0 Å². The summed E-state index contributed by atoms with van der Waals surface area (Å²) in [7, 11) is 0. The average molecular weight is 293 g/mol. The van der Waals surface area contributed by atoms with Crippen molar-refractivity contribution in [2.45, 2.75) is 45.3 Å². The Morgan fingerprint density at radius 1 is 1.52 bits per heavy atom. The molecular formula is C16H24FN3O. The summed E-state index contributed by atoms with van der Waals surface area (Å²) in [4.78, 5) is 13.5. The van der Waals surface area contributed by atoms with Gasteiger partial charge in [-0.2, -0.15) is 0 Å². The first-order chi connectivity index (χ1) is 9.97. The first-order valence-electron chi connectivity index (χ1n) is 7.53. The maximum absolute atomic E-state index is 14.0. The number of carbonyl (C=O) groups is 1. The number of hydrogen-bond acceptors (Lipinski definition) is 3. The van der Waals surface area contributed by atoms with Crippen LogP contribution >= 0.6 is 0 Å². The molecule has 1 atom stereocenters. The smallest absolute Gasteiger partial charge is 0.248 e. The van der Waals surface area contributed by atoms with Crippen LogP contribution in [-0.2, 0) is 6.54 Å². The lowest BCUT2D eigenvalue weighted by Crippen LogP contribution is -2.41. The highest BCUT2D eigenvalue weighted by molar-refractivity contribution is 5.92. The second-order valence-corrected chi connectivity index (χ2v) is 5.99. The van der Waals surface area contributed by atoms with Gasteiger partial charge in [0.25, 0.3) is 0 Å². The average Bonchev–Trinajstić information content (AvgIpc) is 2.92. The van der Waals surface area contributed by atoms with Crippen LogP contribution in [0, 0.1) is 5.82 Å². The van der Waals surface area contributed by atoms with Crippen LogP contribution in [0.25, 0.3) is 0 Å². The molecule has 4 nitrogen and oxygen atoms in total. The van der Waals surface area contributed by atoms with Gasteiger partial charge < -0.3 is 11.1 Å². The van der Waals surface area contributed by atoms with Gasteiger partial charge in [0.2, 0.25) is 5.91 Å². The maximum atomic E-state index is 14.0. The van der Waals surface area contributed by atoms with Gasteiger partial charge in [0, 0.05) is 36.3 Å². The van der Waals surface area contributed by atoms with E-state index in [4.69, 9.17) is 5.73 Å². The number of carbonyl (C=O) groups excluding carboxylic acids is 1. The van der Waals surface area contributed by atoms with Crippen LogP contribution in [0.5, 0.6) is 0 Å². The molecule has 2 rings (SSSR count). The van der Waals surface area contributed by atoms with Crippen LogP contribution in [0.2, 0.25) is 0 Å². The first kappa shape index (κ1) is 15.9. The highest BCUT2D eigenvalue weighted by atomic mass is 19.1. The third kappa shape index (κ3) is 4.25. The Morgan fingerprint density at radius 3 is 2.86 bits per heavy atom. The lowest BCUT2D eigenvalue weighted by Gasteiger charge is -2.29. The Kier molecular flexibility index (Phi) is 5.31. The number of nitrogens with one attached hydrogen (secondary N) is 1. The van der Waals surface area contributed by atoms with Crippen molar-refractivity contribution in [2.75, 3.05) is 13.1 Å². The van der Waals surface area contributed by atoms with E-state index in [1.165, 1.54) is 18.6 Å². The number of halogens is 1. The number of primary amides is 1. The number of rotatable bonds is 6. The summed E-state index contributed by atoms with van der Waals surface area (Å²) in [6.45, 7) is 6.64. The van der Waals surface area contributed by atoms with Gasteiger partial charge in [-0.15, -0.1) is 0 Å². The molecule has 21 heavy (non-hydrogen) atoms. The van der Waals surface area contributed by atoms with Crippen LogP contribution in [0.1, 0.15) is 42.6 Å². The molecule has 1 unspecified atom stereocenters. The summed E-state index contributed by atoms with van der Waals surface area (Å²) in [5, 5.41) is 3.46. The predicted octanol–water partition coefficient (Wildman–Crippen LogP) is 1.89. The predicted molar refractivity (Wildman–Crippen MR) is 81.5 cm³/mol. The molecule has 1 aromatic rings. The first-order valence-corrected chi connectivity index (χ1v) is 7.53. The zero-order valence-electron chi connectivity index (χ0n) is 12.7. The Balaban J connectivity index is 2.11. The highest BCUT2D eigenvalue weighted by Gasteiger charge is 2.21. The molecule has 0 saturated carbocycles. The van der Waals surface area contributed by atoms with Gasteiger partial charge in [0.05, 0.1) is 0 Å². The zero-order valence-corrected chi connectivity index (χ0v) is 12.7. The van der Waals surface area contributed by atoms with Crippen molar-refractivity contribution in [1.82, 2.24) is 10.2 Å². The molecule has 0 bridgehead atoms. The molecule has 1 fully saturated rings. The summed E-state index contributed by atoms with van der Waals surface area (Å²) in [6, 6.07) is 5.09. The molecule has 0 aliphatic carbocycles. The summed E-state index contributed by atoms with van der Waals surface area (Å²) < 4.78 is 14.0. The summed E-state index contributed by atoms with van der Waals surface area (Å²) in [5.41, 5.74) is 6.15. The van der Waals surface area contributed by atoms with E-state index < -0.39 is 5.91 Å². The molecule has 0 spiro atoms. The fraction of sp³-hybridized carbons (Fsp3) is 0.562. The molecule has 116 valence electrons. The van der Waals surface area contributed by atoms with E-state index in [2.05, 4.69) is 24.1 Å². The Bertz CT molecular complexity index is 498. The third-order valence-electron chi connectivity index (χ3n) is 4.05. The van der Waals surface area contributed by atoms with E-state index in [-0.39, 0.29) is 5.82 Å². The van der Waals surface area contributed by atoms with Gasteiger partial charge in [-0.3, -0.25) is 9.69 Å². The SMILES string of the molecule is CC(C)N(Cc1cc(C(N)=O)ccc1F)CC1CCCN1. The largest absolute Gasteiger partial charge is 0.366 e. The lowest BCUT2D eigenvalue weighted by atomic mass is 10.1. The van der Waals surface area contributed by atoms with Gasteiger partial charge in [-0.25, -0.2) is 4.39 Å². The zero-order chi connectivity index (χ0) is 15.4. The molecule has 0 radical (unpaired) electrons. The summed E-state index contributed by atoms with van der Waals surface area (Å²) >= 11 is 0. The van der Waals surface area contributed by atoms with E-state index >= 15 is 0 Å². The van der Waals surface area contributed by atoms with Gasteiger partial charge in [0.15, 0.2) is 0 Å². The van der Waals surface area contributed by atoms with Gasteiger partial charge in [0.1, 0.15) is 5.82 Å². The van der Waals surface area contributed by atoms with Crippen LogP contribution in [0.15, 0.2) is 18.2 Å². The Hall–Kier alpha value is -1.46. The topological polar surface area (TPSA) is 58.4 Å². The van der Waals surface area contributed by atoms with Crippen molar-refractivity contribution >= 4 is 5.91 Å². The second kappa shape index (κ2) is 7.00. The molecule has 3 N–H and O–H groups in total. The lowest BCUT2D eigenvalue weighted by molar-refractivity contribution is 0.1000. The number of nitrogens with zero attached hydrogens (tertiary/aromatic N) is 1. The molecule has 1 aromatic carbocycles. The normalized spacial score (nSPS) is 18.6. The van der Waals surface area contributed by atoms with E-state index in [0.29, 0.717) is 29.8 Å². The molecule has 1 aliphatic heterocycles. The van der Waals surface area contributed by atoms with Gasteiger partial charge >= 0.3 is 0 Å². The molecule has 5 heteroatoms. The minimum atomic E-state index is -0.523. The quantitative estimate of drug-likeness (QED) is 0.842. The van der Waals surface area contributed by atoms with Crippen molar-refractivity contribution in [3.8, 4) is 0 Å². The molecule has 1 aliphatic rings. The molecule has 0 aromatic heterocycles. The molecule has 1 amide bonds. The van der Waals surface area contributed by atoms with Crippen molar-refractivity contribution in [3.05, 3.63) is 35.1 Å². The minimum Gasteiger partial charge on any atom is -0.366 e. The highest BCUT2D eigenvalue weighted by Crippen LogP contribution is 2.17. The number of nitrogens with two attached hydrogens (primary N) is 1. The summed E-state index contributed by atoms with van der Waals surface area (Å²) in [6.07, 6.45) is 2.36. The monoisotopic (exact) mass is 293 g/mol. The third-order valence-corrected chi connectivity index (χ3v) is 4.05. The number of benzene rings is 1. The fourth-order valence-electron chi connectivity index (χ4n) is 2.72. The van der Waals surface area contributed by atoms with E-state index in [1.54, 1.807) is 6.07 Å². The van der Waals surface area contributed by atoms with Crippen molar-refractivity contribution in [3.63, 3.8) is 0 Å². The van der Waals surface area contributed by atoms with Crippen LogP contribution < -0.4 is 11.1 Å². The fourth-order valence-corrected chi connectivity index (χ4v) is 2.72. The van der Waals surface area contributed by atoms with Crippen LogP contribution in [0.4, 0.5) is 4.39 Å². The molecule has 1 heterocycles. The molecule has 1 saturated heterocycles. The van der Waals surface area contributed by atoms with Crippen molar-refractivity contribution < 1.29 is 9.18 Å². The number of hydrogen-bond donors (Lipinski definition) is 2. The summed E-state index contributed by atoms with van der Waals surface area (Å²) in [5.74, 6) is -0.810. The van der Waals surface area contributed by atoms with Crippen molar-refractivity contribution in [2.24, 2.45) is 5.73 Å². The minimum absolute atomic E-state index is 0.287. The van der Waals surface area contributed by atoms with E-state index in [1.807, 2.05) is 0 Å². The van der Waals surface area contributed by atoms with Crippen LogP contribution in [0.3, 0.4) is 0 Å². The van der Waals surface area contributed by atoms with Crippen molar-refractivity contribution in [1.29, 1.82) is 0 Å². The van der Waals surface area contributed by atoms with Gasteiger partial charge in [-0.05, 0) is 51.4 Å². The Labute approximate surface area is 125 Å². The Morgan fingerprint density at radius 2 is 2.29 bits per heavy atom. The molecular weight excluding hydrogens is 269 g/mol. The number of amides is 1. The van der Waals surface area contributed by atoms with E-state index in [9.17, 15) is 9.18 Å². The van der Waals surface area contributed by atoms with Gasteiger partial charge in [-0.1, -0.05) is 0 Å². The maximum Gasteiger partial charge on any atom is 0.248 e. The second-order valence-electron chi connectivity index (χ2n) is 5.99. The standard InChI is InChI=1S/C16H24FN3O/c1-11(2)20(10-14-4-3-7-19-14)9-13-8-12(16(18)21)5-6-15(13)17/h5-6,8,11,14,19H,3-4,7,9-10H2,1-2H3,(H2,18,21).